The molecule has 0 aliphatic carbocycles. The van der Waals surface area contributed by atoms with E-state index in [1.165, 1.54) is 42.8 Å². The van der Waals surface area contributed by atoms with Crippen molar-refractivity contribution in [3.63, 3.8) is 0 Å². The number of hydrogen-bond donors (Lipinski definition) is 2. The first-order chi connectivity index (χ1) is 31.2. The van der Waals surface area contributed by atoms with Crippen LogP contribution in [0.1, 0.15) is 0 Å². The van der Waals surface area contributed by atoms with Crippen molar-refractivity contribution < 1.29 is 44.8 Å². The Balaban J connectivity index is 0.000000232. The number of nitrogens with zero attached hydrogens (tertiary/aromatic N) is 2. The number of hydrogen-bond acceptors (Lipinski definition) is 6. The Labute approximate surface area is 444 Å². The summed E-state index contributed by atoms with van der Waals surface area (Å²) in [7, 11) is -0.931. The van der Waals surface area contributed by atoms with Crippen LogP contribution in [-0.4, -0.2) is 10.3 Å². The van der Waals surface area contributed by atoms with E-state index in [9.17, 15) is 0 Å². The Morgan fingerprint density at radius 1 is 0.333 bits per heavy atom. The molecule has 8 aromatic carbocycles. The quantitative estimate of drug-likeness (QED) is 0.0301. The van der Waals surface area contributed by atoms with E-state index in [1.54, 1.807) is 0 Å². The molecule has 0 aliphatic heterocycles. The zero-order valence-corrected chi connectivity index (χ0v) is 45.3. The fourth-order valence-electron chi connectivity index (χ4n) is 5.82. The van der Waals surface area contributed by atoms with Crippen molar-refractivity contribution >= 4 is 114 Å². The van der Waals surface area contributed by atoms with Gasteiger partial charge in [0.25, 0.3) is 0 Å². The van der Waals surface area contributed by atoms with Gasteiger partial charge in [0.1, 0.15) is 10.3 Å². The summed E-state index contributed by atoms with van der Waals surface area (Å²) in [6.45, 7) is 17.2. The van der Waals surface area contributed by atoms with Crippen LogP contribution in [-0.2, 0) is 68.1 Å². The molecule has 0 aliphatic rings. The fourth-order valence-corrected chi connectivity index (χ4v) is 10.5. The molecular formula is C54H50Au2N4P2S4-4. The first-order valence-electron chi connectivity index (χ1n) is 20.1. The van der Waals surface area contributed by atoms with Crippen LogP contribution in [0.25, 0.3) is 0 Å². The second-order valence-electron chi connectivity index (χ2n) is 13.9. The molecule has 2 radical (unpaired) electrons. The molecule has 0 amide bonds. The van der Waals surface area contributed by atoms with Gasteiger partial charge < -0.3 is 34.0 Å². The summed E-state index contributed by atoms with van der Waals surface area (Å²) in [4.78, 5) is 8.87. The molecule has 0 fully saturated rings. The van der Waals surface area contributed by atoms with Crippen LogP contribution in [0.4, 0.5) is 22.7 Å². The Hall–Kier alpha value is -3.56. The van der Waals surface area contributed by atoms with Gasteiger partial charge in [0.2, 0.25) is 0 Å². The second-order valence-corrected chi connectivity index (χ2v) is 22.0. The molecule has 0 heterocycles. The number of amidine groups is 2. The molecule has 346 valence electrons. The van der Waals surface area contributed by atoms with Crippen LogP contribution >= 0.6 is 36.1 Å². The van der Waals surface area contributed by atoms with E-state index in [1.807, 2.05) is 194 Å². The Bertz CT molecular complexity index is 2290. The summed E-state index contributed by atoms with van der Waals surface area (Å²) in [5.41, 5.74) is 3.76. The molecule has 12 heteroatoms. The van der Waals surface area contributed by atoms with Gasteiger partial charge >= 0.3 is 0 Å². The summed E-state index contributed by atoms with van der Waals surface area (Å²) in [6.07, 6.45) is 0. The maximum atomic E-state index is 5.00. The fraction of sp³-hybridized carbons (Fsp3) is 0. The summed E-state index contributed by atoms with van der Waals surface area (Å²) in [5, 5.41) is 12.8. The van der Waals surface area contributed by atoms with Gasteiger partial charge in [0.05, 0.1) is 11.4 Å². The van der Waals surface area contributed by atoms with E-state index in [-0.39, 0.29) is 44.8 Å². The first-order valence-corrected chi connectivity index (χ1v) is 27.9. The van der Waals surface area contributed by atoms with Crippen molar-refractivity contribution in [2.24, 2.45) is 9.98 Å². The third-order valence-corrected chi connectivity index (χ3v) is 16.0. The van der Waals surface area contributed by atoms with Gasteiger partial charge in [-0.3, -0.25) is 21.6 Å². The predicted molar refractivity (Wildman–Crippen MR) is 297 cm³/mol. The molecule has 0 spiro atoms. The van der Waals surface area contributed by atoms with Crippen LogP contribution in [0.5, 0.6) is 0 Å². The van der Waals surface area contributed by atoms with Gasteiger partial charge in [-0.1, -0.05) is 146 Å². The topological polar surface area (TPSA) is 48.8 Å². The molecule has 0 aromatic heterocycles. The van der Waals surface area contributed by atoms with Crippen molar-refractivity contribution in [1.82, 2.24) is 0 Å². The molecule has 0 bridgehead atoms. The largest absolute Gasteiger partial charge is 0.711 e. The first kappa shape index (κ1) is 56.8. The van der Waals surface area contributed by atoms with Gasteiger partial charge in [0.15, 0.2) is 0 Å². The van der Waals surface area contributed by atoms with Crippen molar-refractivity contribution in [2.75, 3.05) is 10.6 Å². The molecular weight excluding hydrogens is 1290 g/mol. The maximum absolute atomic E-state index is 5.00. The predicted octanol–water partition coefficient (Wildman–Crippen LogP) is 14.4. The molecule has 0 atom stereocenters. The van der Waals surface area contributed by atoms with Crippen molar-refractivity contribution in [2.45, 2.75) is 0 Å². The van der Waals surface area contributed by atoms with Crippen LogP contribution in [0.2, 0.25) is 0 Å². The second kappa shape index (κ2) is 31.5. The zero-order valence-electron chi connectivity index (χ0n) is 35.9. The van der Waals surface area contributed by atoms with Crippen LogP contribution in [0.15, 0.2) is 253 Å². The van der Waals surface area contributed by atoms with E-state index in [0.717, 1.165) is 22.7 Å². The summed E-state index contributed by atoms with van der Waals surface area (Å²) < 4.78 is 0. The molecule has 4 nitrogen and oxygen atoms in total. The number of anilines is 2. The molecule has 0 unspecified atom stereocenters. The maximum Gasteiger partial charge on any atom is 0.141 e. The summed E-state index contributed by atoms with van der Waals surface area (Å²) in [5.74, 6) is 0. The molecule has 8 aromatic rings. The van der Waals surface area contributed by atoms with E-state index in [2.05, 4.69) is 95.8 Å². The van der Waals surface area contributed by atoms with Gasteiger partial charge in [0, 0.05) is 77.4 Å². The van der Waals surface area contributed by atoms with Crippen molar-refractivity contribution in [3.8, 4) is 0 Å². The zero-order chi connectivity index (χ0) is 45.3. The van der Waals surface area contributed by atoms with E-state index in [4.69, 9.17) is 23.3 Å². The van der Waals surface area contributed by atoms with Gasteiger partial charge in [-0.25, -0.2) is 9.98 Å². The van der Waals surface area contributed by atoms with Gasteiger partial charge in [-0.15, -0.1) is 0 Å². The summed E-state index contributed by atoms with van der Waals surface area (Å²) in [6, 6.07) is 80.6. The van der Waals surface area contributed by atoms with Crippen LogP contribution in [0.3, 0.4) is 0 Å². The Kier molecular flexibility index (Phi) is 27.1. The third-order valence-electron chi connectivity index (χ3n) is 9.18. The minimum atomic E-state index is -1.65. The standard InChI is InChI=1S/2C14H14P.2C13H12N2S2.2Au/c2*1-15(2,13-9-5-3-6-10-13)14-11-7-4-8-12-14;2*16-17-13(14-11-7-3-1-4-8-11)15-12-9-5-2-6-10-12;;/h2*3-12H,1-2H2;2*1-10,16H,(H,14,15);;/q2*-1;;;;/p-2. The molecule has 2 N–H and O–H groups in total. The monoisotopic (exact) mass is 1340 g/mol. The van der Waals surface area contributed by atoms with E-state index < -0.39 is 14.5 Å². The average molecular weight is 1340 g/mol. The molecule has 8 rings (SSSR count). The number of para-hydroxylation sites is 4. The number of nitrogens with one attached hydrogen (secondary N) is 2. The van der Waals surface area contributed by atoms with Crippen LogP contribution in [0, 0.1) is 26.7 Å². The van der Waals surface area contributed by atoms with E-state index >= 15 is 0 Å². The van der Waals surface area contributed by atoms with Crippen molar-refractivity contribution in [1.29, 1.82) is 0 Å². The molecule has 0 saturated heterocycles. The third kappa shape index (κ3) is 19.6. The normalized spacial score (nSPS) is 10.9. The number of benzene rings is 8. The number of aliphatic imine (C=N–C) groups is 2. The Morgan fingerprint density at radius 3 is 0.742 bits per heavy atom. The van der Waals surface area contributed by atoms with Gasteiger partial charge in [-0.2, -0.15) is 41.2 Å². The number of rotatable bonds is 8. The summed E-state index contributed by atoms with van der Waals surface area (Å²) >= 11 is 9.99. The smallest absolute Gasteiger partial charge is 0.141 e. The minimum Gasteiger partial charge on any atom is -0.711 e. The Morgan fingerprint density at radius 2 is 0.530 bits per heavy atom. The minimum absolute atomic E-state index is 0. The van der Waals surface area contributed by atoms with Crippen LogP contribution < -0.4 is 31.9 Å². The van der Waals surface area contributed by atoms with Crippen molar-refractivity contribution in [3.05, 3.63) is 269 Å². The van der Waals surface area contributed by atoms with E-state index in [0.29, 0.717) is 10.3 Å². The molecule has 66 heavy (non-hydrogen) atoms. The SMILES string of the molecule is [Au].[Au].[CH2-][P+]([CH2-])(c1ccccc1)c1ccccc1.[CH2-][P+]([CH2-])(c1ccccc1)c1ccccc1.[S-]SC(=Nc1ccccc1)Nc1ccccc1.[S-]SC(=Nc1ccccc1)Nc1ccccc1. The average Bonchev–Trinajstić information content (AvgIpc) is 3.36. The van der Waals surface area contributed by atoms with Gasteiger partial charge in [-0.05, 0) is 97.1 Å². The molecule has 0 saturated carbocycles.